The van der Waals surface area contributed by atoms with E-state index in [4.69, 9.17) is 0 Å². The molecule has 110 valence electrons. The third-order valence-corrected chi connectivity index (χ3v) is 2.95. The summed E-state index contributed by atoms with van der Waals surface area (Å²) in [5, 5.41) is 3.17. The molecule has 3 rings (SSSR count). The fourth-order valence-corrected chi connectivity index (χ4v) is 1.83. The smallest absolute Gasteiger partial charge is 0.406 e. The molecule has 1 fully saturated rings. The molecule has 21 heavy (non-hydrogen) atoms. The maximum atomic E-state index is 12.1. The quantitative estimate of drug-likeness (QED) is 0.936. The van der Waals surface area contributed by atoms with E-state index in [0.29, 0.717) is 23.2 Å². The summed E-state index contributed by atoms with van der Waals surface area (Å²) in [4.78, 5) is 8.46. The fraction of sp³-hybridized carbons (Fsp3) is 0.286. The number of nitrogens with zero attached hydrogens (tertiary/aromatic N) is 2. The van der Waals surface area contributed by atoms with Gasteiger partial charge in [0.15, 0.2) is 0 Å². The lowest BCUT2D eigenvalue weighted by Crippen LogP contribution is -2.16. The Balaban J connectivity index is 1.76. The van der Waals surface area contributed by atoms with Crippen LogP contribution >= 0.6 is 0 Å². The summed E-state index contributed by atoms with van der Waals surface area (Å²) in [6.07, 6.45) is -0.848. The molecular formula is C14H12F3N3O. The molecule has 0 bridgehead atoms. The Morgan fingerprint density at radius 3 is 2.43 bits per heavy atom. The first-order chi connectivity index (χ1) is 9.99. The Bertz CT molecular complexity index is 624. The van der Waals surface area contributed by atoms with E-state index in [1.807, 2.05) is 0 Å². The van der Waals surface area contributed by atoms with Gasteiger partial charge in [-0.2, -0.15) is 0 Å². The van der Waals surface area contributed by atoms with Crippen molar-refractivity contribution in [2.45, 2.75) is 25.2 Å². The van der Waals surface area contributed by atoms with Crippen LogP contribution < -0.4 is 10.1 Å². The minimum absolute atomic E-state index is 0.253. The number of alkyl halides is 3. The van der Waals surface area contributed by atoms with Crippen LogP contribution in [0.4, 0.5) is 19.1 Å². The highest BCUT2D eigenvalue weighted by Gasteiger charge is 2.31. The van der Waals surface area contributed by atoms with Gasteiger partial charge in [-0.3, -0.25) is 0 Å². The summed E-state index contributed by atoms with van der Waals surface area (Å²) < 4.78 is 40.1. The number of halogens is 3. The minimum atomic E-state index is -4.68. The van der Waals surface area contributed by atoms with Crippen molar-refractivity contribution in [3.8, 4) is 17.0 Å². The summed E-state index contributed by atoms with van der Waals surface area (Å²) >= 11 is 0. The van der Waals surface area contributed by atoms with Crippen molar-refractivity contribution in [1.29, 1.82) is 0 Å². The predicted molar refractivity (Wildman–Crippen MR) is 70.8 cm³/mol. The van der Waals surface area contributed by atoms with Crippen molar-refractivity contribution in [1.82, 2.24) is 9.97 Å². The van der Waals surface area contributed by atoms with Crippen LogP contribution in [0.25, 0.3) is 11.3 Å². The normalized spacial score (nSPS) is 14.8. The molecule has 1 heterocycles. The molecule has 4 nitrogen and oxygen atoms in total. The summed E-state index contributed by atoms with van der Waals surface area (Å²) in [5.74, 6) is 0.280. The monoisotopic (exact) mass is 295 g/mol. The van der Waals surface area contributed by atoms with E-state index >= 15 is 0 Å². The number of anilines is 1. The van der Waals surface area contributed by atoms with Crippen molar-refractivity contribution in [3.05, 3.63) is 36.5 Å². The summed E-state index contributed by atoms with van der Waals surface area (Å²) in [6.45, 7) is 0. The number of hydrogen-bond donors (Lipinski definition) is 1. The molecule has 1 saturated carbocycles. The lowest BCUT2D eigenvalue weighted by molar-refractivity contribution is -0.274. The summed E-state index contributed by atoms with van der Waals surface area (Å²) in [5.41, 5.74) is 1.34. The van der Waals surface area contributed by atoms with Gasteiger partial charge in [-0.1, -0.05) is 0 Å². The number of nitrogens with one attached hydrogen (secondary N) is 1. The maximum absolute atomic E-state index is 12.1. The van der Waals surface area contributed by atoms with Crippen LogP contribution in [0.5, 0.6) is 5.75 Å². The van der Waals surface area contributed by atoms with Gasteiger partial charge in [0.1, 0.15) is 5.75 Å². The third-order valence-electron chi connectivity index (χ3n) is 2.95. The Morgan fingerprint density at radius 2 is 1.81 bits per heavy atom. The Kier molecular flexibility index (Phi) is 3.40. The average Bonchev–Trinajstić information content (AvgIpc) is 3.22. The maximum Gasteiger partial charge on any atom is 0.573 e. The Hall–Kier alpha value is -2.31. The average molecular weight is 295 g/mol. The van der Waals surface area contributed by atoms with Crippen molar-refractivity contribution < 1.29 is 17.9 Å². The van der Waals surface area contributed by atoms with Crippen LogP contribution in [0.2, 0.25) is 0 Å². The second kappa shape index (κ2) is 5.23. The van der Waals surface area contributed by atoms with Crippen molar-refractivity contribution in [2.24, 2.45) is 0 Å². The largest absolute Gasteiger partial charge is 0.573 e. The van der Waals surface area contributed by atoms with E-state index in [1.165, 1.54) is 24.3 Å². The molecule has 7 heteroatoms. The molecule has 0 spiro atoms. The second-order valence-electron chi connectivity index (χ2n) is 4.76. The third kappa shape index (κ3) is 3.84. The molecule has 1 aliphatic carbocycles. The first kappa shape index (κ1) is 13.7. The highest BCUT2D eigenvalue weighted by atomic mass is 19.4. The topological polar surface area (TPSA) is 47.0 Å². The van der Waals surface area contributed by atoms with Gasteiger partial charge in [-0.15, -0.1) is 13.2 Å². The van der Waals surface area contributed by atoms with Gasteiger partial charge in [0, 0.05) is 17.8 Å². The van der Waals surface area contributed by atoms with Gasteiger partial charge in [0.2, 0.25) is 5.95 Å². The predicted octanol–water partition coefficient (Wildman–Crippen LogP) is 3.62. The molecule has 1 aliphatic rings. The van der Waals surface area contributed by atoms with Gasteiger partial charge in [-0.25, -0.2) is 9.97 Å². The van der Waals surface area contributed by atoms with E-state index in [2.05, 4.69) is 20.0 Å². The van der Waals surface area contributed by atoms with Crippen LogP contribution in [-0.4, -0.2) is 22.4 Å². The minimum Gasteiger partial charge on any atom is -0.406 e. The molecule has 1 N–H and O–H groups in total. The zero-order valence-electron chi connectivity index (χ0n) is 10.9. The SMILES string of the molecule is FC(F)(F)Oc1ccc(-c2ccnc(NC3CC3)n2)cc1. The number of benzene rings is 1. The standard InChI is InChI=1S/C14H12F3N3O/c15-14(16,17)21-11-5-1-9(2-6-11)12-7-8-18-13(20-12)19-10-3-4-10/h1-2,5-8,10H,3-4H2,(H,18,19,20). The first-order valence-corrected chi connectivity index (χ1v) is 6.45. The Labute approximate surface area is 119 Å². The highest BCUT2D eigenvalue weighted by Crippen LogP contribution is 2.27. The molecular weight excluding hydrogens is 283 g/mol. The van der Waals surface area contributed by atoms with Crippen LogP contribution in [0.3, 0.4) is 0 Å². The number of aromatic nitrogens is 2. The molecule has 2 aromatic rings. The van der Waals surface area contributed by atoms with Crippen LogP contribution in [-0.2, 0) is 0 Å². The van der Waals surface area contributed by atoms with Crippen molar-refractivity contribution in [3.63, 3.8) is 0 Å². The molecule has 0 unspecified atom stereocenters. The molecule has 0 saturated heterocycles. The first-order valence-electron chi connectivity index (χ1n) is 6.45. The van der Waals surface area contributed by atoms with Gasteiger partial charge in [0.05, 0.1) is 5.69 Å². The number of hydrogen-bond acceptors (Lipinski definition) is 4. The molecule has 1 aromatic carbocycles. The lowest BCUT2D eigenvalue weighted by Gasteiger charge is -2.09. The molecule has 0 amide bonds. The van der Waals surface area contributed by atoms with E-state index in [-0.39, 0.29) is 5.75 Å². The van der Waals surface area contributed by atoms with Crippen molar-refractivity contribution in [2.75, 3.05) is 5.32 Å². The van der Waals surface area contributed by atoms with Gasteiger partial charge in [0.25, 0.3) is 0 Å². The van der Waals surface area contributed by atoms with Gasteiger partial charge >= 0.3 is 6.36 Å². The van der Waals surface area contributed by atoms with Gasteiger partial charge < -0.3 is 10.1 Å². The molecule has 0 atom stereocenters. The zero-order valence-corrected chi connectivity index (χ0v) is 10.9. The lowest BCUT2D eigenvalue weighted by atomic mass is 10.1. The fourth-order valence-electron chi connectivity index (χ4n) is 1.83. The highest BCUT2D eigenvalue weighted by molar-refractivity contribution is 5.61. The number of ether oxygens (including phenoxy) is 1. The summed E-state index contributed by atoms with van der Waals surface area (Å²) in [7, 11) is 0. The van der Waals surface area contributed by atoms with Crippen molar-refractivity contribution >= 4 is 5.95 Å². The van der Waals surface area contributed by atoms with E-state index in [1.54, 1.807) is 12.3 Å². The molecule has 0 radical (unpaired) electrons. The summed E-state index contributed by atoms with van der Waals surface area (Å²) in [6, 6.07) is 7.73. The van der Waals surface area contributed by atoms with Gasteiger partial charge in [-0.05, 0) is 43.2 Å². The van der Waals surface area contributed by atoms with Crippen LogP contribution in [0, 0.1) is 0 Å². The molecule has 0 aliphatic heterocycles. The second-order valence-corrected chi connectivity index (χ2v) is 4.76. The Morgan fingerprint density at radius 1 is 1.10 bits per heavy atom. The van der Waals surface area contributed by atoms with E-state index in [9.17, 15) is 13.2 Å². The van der Waals surface area contributed by atoms with Crippen LogP contribution in [0.1, 0.15) is 12.8 Å². The van der Waals surface area contributed by atoms with Crippen LogP contribution in [0.15, 0.2) is 36.5 Å². The van der Waals surface area contributed by atoms with E-state index < -0.39 is 6.36 Å². The molecule has 1 aromatic heterocycles. The zero-order chi connectivity index (χ0) is 14.9. The number of rotatable bonds is 4. The van der Waals surface area contributed by atoms with E-state index in [0.717, 1.165) is 12.8 Å².